The van der Waals surface area contributed by atoms with E-state index >= 15 is 0 Å². The summed E-state index contributed by atoms with van der Waals surface area (Å²) >= 11 is 0. The normalized spacial score (nSPS) is 37.1. The van der Waals surface area contributed by atoms with Crippen LogP contribution in [0.1, 0.15) is 54.4 Å². The van der Waals surface area contributed by atoms with E-state index in [1.54, 1.807) is 11.1 Å². The zero-order chi connectivity index (χ0) is 17.7. The Bertz CT molecular complexity index is 409. The molecule has 0 aromatic rings. The summed E-state index contributed by atoms with van der Waals surface area (Å²) in [5, 5.41) is 7.39. The smallest absolute Gasteiger partial charge is 0.00768 e. The topological polar surface area (TPSA) is 24.1 Å². The van der Waals surface area contributed by atoms with Crippen molar-refractivity contribution in [1.82, 2.24) is 10.6 Å². The van der Waals surface area contributed by atoms with Crippen LogP contribution in [0.5, 0.6) is 0 Å². The lowest BCUT2D eigenvalue weighted by Crippen LogP contribution is -2.39. The van der Waals surface area contributed by atoms with Gasteiger partial charge < -0.3 is 10.6 Å². The highest BCUT2D eigenvalue weighted by molar-refractivity contribution is 5.09. The maximum absolute atomic E-state index is 3.69. The van der Waals surface area contributed by atoms with Gasteiger partial charge >= 0.3 is 0 Å². The van der Waals surface area contributed by atoms with Gasteiger partial charge in [-0.15, -0.1) is 0 Å². The molecule has 0 saturated carbocycles. The maximum Gasteiger partial charge on any atom is 0.00768 e. The molecule has 0 amide bonds. The van der Waals surface area contributed by atoms with Crippen LogP contribution in [0, 0.1) is 35.5 Å². The number of hydrogen-bond acceptors (Lipinski definition) is 2. The molecule has 0 aliphatic heterocycles. The van der Waals surface area contributed by atoms with Gasteiger partial charge in [0.15, 0.2) is 0 Å². The fraction of sp³-hybridized carbons (Fsp3) is 0.818. The first-order valence-electron chi connectivity index (χ1n) is 10.1. The molecule has 0 fully saturated rings. The van der Waals surface area contributed by atoms with E-state index < -0.39 is 0 Å². The van der Waals surface area contributed by atoms with Crippen molar-refractivity contribution < 1.29 is 0 Å². The van der Waals surface area contributed by atoms with Crippen molar-refractivity contribution >= 4 is 0 Å². The number of allylic oxidation sites excluding steroid dienone is 4. The van der Waals surface area contributed by atoms with Gasteiger partial charge in [-0.05, 0) is 75.3 Å². The highest BCUT2D eigenvalue weighted by Crippen LogP contribution is 2.33. The summed E-state index contributed by atoms with van der Waals surface area (Å²) in [5.74, 6) is 4.63. The standard InChI is InChI=1S/C22H40N2/c1-15-9-17(3)21(18(4)10-15)13-23-7-8-24-14-22-19(5)11-16(2)12-20(22)6/h9,11,17-24H,7-8,10,12-14H2,1-6H3/t17-,18-,19-,20+,21-,22+/m0/s1. The molecule has 2 heteroatoms. The lowest BCUT2D eigenvalue weighted by Gasteiger charge is -2.34. The average molecular weight is 333 g/mol. The molecule has 0 spiro atoms. The Kier molecular flexibility index (Phi) is 7.56. The molecule has 138 valence electrons. The van der Waals surface area contributed by atoms with Crippen LogP contribution in [-0.4, -0.2) is 26.2 Å². The molecular weight excluding hydrogens is 292 g/mol. The van der Waals surface area contributed by atoms with Gasteiger partial charge in [-0.1, -0.05) is 51.0 Å². The van der Waals surface area contributed by atoms with Crippen LogP contribution in [0.3, 0.4) is 0 Å². The summed E-state index contributed by atoms with van der Waals surface area (Å²) in [5.41, 5.74) is 3.15. The minimum atomic E-state index is 0.716. The van der Waals surface area contributed by atoms with Gasteiger partial charge in [-0.2, -0.15) is 0 Å². The Hall–Kier alpha value is -0.600. The van der Waals surface area contributed by atoms with Crippen LogP contribution in [-0.2, 0) is 0 Å². The zero-order valence-corrected chi connectivity index (χ0v) is 16.9. The summed E-state index contributed by atoms with van der Waals surface area (Å²) in [6.45, 7) is 18.6. The third-order valence-corrected chi connectivity index (χ3v) is 6.43. The minimum absolute atomic E-state index is 0.716. The molecule has 2 nitrogen and oxygen atoms in total. The molecule has 0 aromatic carbocycles. The zero-order valence-electron chi connectivity index (χ0n) is 16.9. The van der Waals surface area contributed by atoms with E-state index in [1.165, 1.54) is 12.8 Å². The molecule has 2 rings (SSSR count). The van der Waals surface area contributed by atoms with Gasteiger partial charge in [0.05, 0.1) is 0 Å². The van der Waals surface area contributed by atoms with E-state index in [-0.39, 0.29) is 0 Å². The highest BCUT2D eigenvalue weighted by Gasteiger charge is 2.27. The van der Waals surface area contributed by atoms with Gasteiger partial charge in [0.1, 0.15) is 0 Å². The van der Waals surface area contributed by atoms with Gasteiger partial charge in [0.25, 0.3) is 0 Å². The van der Waals surface area contributed by atoms with Crippen molar-refractivity contribution in [2.24, 2.45) is 35.5 Å². The van der Waals surface area contributed by atoms with Crippen molar-refractivity contribution in [3.05, 3.63) is 23.3 Å². The monoisotopic (exact) mass is 332 g/mol. The molecule has 0 aromatic heterocycles. The van der Waals surface area contributed by atoms with Crippen LogP contribution in [0.15, 0.2) is 23.3 Å². The SMILES string of the molecule is CC1=C[C@H](C)[C@@H](CNCCNC[C@H]2[C@@H](C)C=C(C)C[C@@H]2C)[C@H](C)C1. The van der Waals surface area contributed by atoms with Crippen LogP contribution in [0.2, 0.25) is 0 Å². The van der Waals surface area contributed by atoms with Crippen LogP contribution in [0.25, 0.3) is 0 Å². The Morgan fingerprint density at radius 3 is 1.46 bits per heavy atom. The molecule has 2 aliphatic rings. The first-order chi connectivity index (χ1) is 11.4. The first-order valence-corrected chi connectivity index (χ1v) is 10.1. The lowest BCUT2D eigenvalue weighted by molar-refractivity contribution is 0.253. The Labute approximate surface area is 150 Å². The molecule has 24 heavy (non-hydrogen) atoms. The van der Waals surface area contributed by atoms with Gasteiger partial charge in [0, 0.05) is 13.1 Å². The predicted octanol–water partition coefficient (Wildman–Crippen LogP) is 4.64. The molecule has 0 heterocycles. The second-order valence-electron chi connectivity index (χ2n) is 8.84. The Morgan fingerprint density at radius 1 is 0.750 bits per heavy atom. The van der Waals surface area contributed by atoms with E-state index in [2.05, 4.69) is 64.3 Å². The molecule has 6 atom stereocenters. The third kappa shape index (κ3) is 5.46. The average Bonchev–Trinajstić information content (AvgIpc) is 2.46. The molecule has 0 unspecified atom stereocenters. The van der Waals surface area contributed by atoms with Gasteiger partial charge in [-0.25, -0.2) is 0 Å². The van der Waals surface area contributed by atoms with Crippen molar-refractivity contribution in [3.63, 3.8) is 0 Å². The minimum Gasteiger partial charge on any atom is -0.315 e. The largest absolute Gasteiger partial charge is 0.315 e. The van der Waals surface area contributed by atoms with Gasteiger partial charge in [0.2, 0.25) is 0 Å². The molecular formula is C22H40N2. The quantitative estimate of drug-likeness (QED) is 0.524. The number of rotatable bonds is 7. The van der Waals surface area contributed by atoms with Crippen LogP contribution < -0.4 is 10.6 Å². The highest BCUT2D eigenvalue weighted by atomic mass is 14.9. The summed E-state index contributed by atoms with van der Waals surface area (Å²) in [7, 11) is 0. The lowest BCUT2D eigenvalue weighted by atomic mass is 9.75. The van der Waals surface area contributed by atoms with Crippen LogP contribution >= 0.6 is 0 Å². The van der Waals surface area contributed by atoms with E-state index in [0.717, 1.165) is 49.9 Å². The molecule has 0 bridgehead atoms. The summed E-state index contributed by atoms with van der Waals surface area (Å²) in [4.78, 5) is 0. The fourth-order valence-electron chi connectivity index (χ4n) is 5.12. The Morgan fingerprint density at radius 2 is 1.12 bits per heavy atom. The van der Waals surface area contributed by atoms with E-state index in [4.69, 9.17) is 0 Å². The third-order valence-electron chi connectivity index (χ3n) is 6.43. The van der Waals surface area contributed by atoms with Crippen molar-refractivity contribution in [1.29, 1.82) is 0 Å². The van der Waals surface area contributed by atoms with Crippen molar-refractivity contribution in [2.45, 2.75) is 54.4 Å². The number of hydrogen-bond donors (Lipinski definition) is 2. The van der Waals surface area contributed by atoms with E-state index in [0.29, 0.717) is 11.8 Å². The second kappa shape index (κ2) is 9.20. The van der Waals surface area contributed by atoms with Crippen molar-refractivity contribution in [2.75, 3.05) is 26.2 Å². The second-order valence-corrected chi connectivity index (χ2v) is 8.84. The molecule has 2 N–H and O–H groups in total. The summed E-state index contributed by atoms with van der Waals surface area (Å²) in [6, 6.07) is 0. The Balaban J connectivity index is 1.62. The molecule has 0 saturated heterocycles. The van der Waals surface area contributed by atoms with E-state index in [1.807, 2.05) is 0 Å². The van der Waals surface area contributed by atoms with Crippen LogP contribution in [0.4, 0.5) is 0 Å². The van der Waals surface area contributed by atoms with Crippen molar-refractivity contribution in [3.8, 4) is 0 Å². The summed E-state index contributed by atoms with van der Waals surface area (Å²) in [6.07, 6.45) is 7.51. The number of nitrogens with one attached hydrogen (secondary N) is 2. The summed E-state index contributed by atoms with van der Waals surface area (Å²) < 4.78 is 0. The fourth-order valence-corrected chi connectivity index (χ4v) is 5.12. The predicted molar refractivity (Wildman–Crippen MR) is 106 cm³/mol. The first kappa shape index (κ1) is 19.7. The molecule has 2 aliphatic carbocycles. The van der Waals surface area contributed by atoms with E-state index in [9.17, 15) is 0 Å². The maximum atomic E-state index is 3.69. The molecule has 0 radical (unpaired) electrons. The van der Waals surface area contributed by atoms with Gasteiger partial charge in [-0.3, -0.25) is 0 Å².